The van der Waals surface area contributed by atoms with E-state index in [-0.39, 0.29) is 11.8 Å². The minimum absolute atomic E-state index is 0.100. The van der Waals surface area contributed by atoms with Gasteiger partial charge in [-0.15, -0.1) is 10.2 Å². The van der Waals surface area contributed by atoms with Crippen molar-refractivity contribution in [2.45, 2.75) is 25.3 Å². The van der Waals surface area contributed by atoms with E-state index in [9.17, 15) is 4.79 Å². The van der Waals surface area contributed by atoms with Crippen LogP contribution in [-0.4, -0.2) is 43.6 Å². The second kappa shape index (κ2) is 6.95. The lowest BCUT2D eigenvalue weighted by Gasteiger charge is -2.30. The highest BCUT2D eigenvalue weighted by Crippen LogP contribution is 2.29. The first-order valence-corrected chi connectivity index (χ1v) is 9.33. The highest BCUT2D eigenvalue weighted by molar-refractivity contribution is 5.80. The zero-order chi connectivity index (χ0) is 18.9. The van der Waals surface area contributed by atoms with Gasteiger partial charge in [0, 0.05) is 19.0 Å². The summed E-state index contributed by atoms with van der Waals surface area (Å²) in [4.78, 5) is 19.0. The molecule has 4 aromatic rings. The molecule has 3 aromatic heterocycles. The first kappa shape index (κ1) is 16.7. The van der Waals surface area contributed by atoms with Crippen LogP contribution in [0.3, 0.4) is 0 Å². The second-order valence-electron chi connectivity index (χ2n) is 6.94. The van der Waals surface area contributed by atoms with Crippen LogP contribution in [0.4, 0.5) is 0 Å². The van der Waals surface area contributed by atoms with E-state index in [4.69, 9.17) is 8.83 Å². The molecule has 0 aliphatic carbocycles. The Bertz CT molecular complexity index is 1090. The maximum atomic E-state index is 12.7. The summed E-state index contributed by atoms with van der Waals surface area (Å²) in [5.41, 5.74) is 1.87. The highest BCUT2D eigenvalue weighted by atomic mass is 16.4. The molecule has 0 N–H and O–H groups in total. The SMILES string of the molecule is O=C(Cn1cnc2ccccc21)N1CCC(c2nnc(-c3ccco3)o2)CC1. The lowest BCUT2D eigenvalue weighted by molar-refractivity contribution is -0.132. The van der Waals surface area contributed by atoms with Gasteiger partial charge in [-0.2, -0.15) is 0 Å². The van der Waals surface area contributed by atoms with E-state index >= 15 is 0 Å². The first-order valence-electron chi connectivity index (χ1n) is 9.33. The number of rotatable bonds is 4. The monoisotopic (exact) mass is 377 g/mol. The zero-order valence-electron chi connectivity index (χ0n) is 15.2. The first-order chi connectivity index (χ1) is 13.8. The van der Waals surface area contributed by atoms with E-state index in [0.717, 1.165) is 23.9 Å². The number of benzene rings is 1. The third kappa shape index (κ3) is 3.06. The Morgan fingerprint density at radius 1 is 1.11 bits per heavy atom. The maximum Gasteiger partial charge on any atom is 0.283 e. The number of carbonyl (C=O) groups is 1. The Labute approximate surface area is 160 Å². The lowest BCUT2D eigenvalue weighted by atomic mass is 9.97. The van der Waals surface area contributed by atoms with Crippen LogP contribution in [0.1, 0.15) is 24.7 Å². The van der Waals surface area contributed by atoms with E-state index in [1.165, 1.54) is 0 Å². The molecule has 1 amide bonds. The number of fused-ring (bicyclic) bond motifs is 1. The quantitative estimate of drug-likeness (QED) is 0.543. The van der Waals surface area contributed by atoms with Crippen molar-refractivity contribution in [3.8, 4) is 11.7 Å². The molecular weight excluding hydrogens is 358 g/mol. The van der Waals surface area contributed by atoms with Gasteiger partial charge in [-0.25, -0.2) is 4.98 Å². The number of carbonyl (C=O) groups excluding carboxylic acids is 1. The summed E-state index contributed by atoms with van der Waals surface area (Å²) in [5, 5.41) is 8.23. The van der Waals surface area contributed by atoms with Gasteiger partial charge in [0.25, 0.3) is 5.89 Å². The molecular formula is C20H19N5O3. The number of imidazole rings is 1. The molecule has 8 nitrogen and oxygen atoms in total. The van der Waals surface area contributed by atoms with Crippen LogP contribution in [-0.2, 0) is 11.3 Å². The van der Waals surface area contributed by atoms with Gasteiger partial charge in [0.05, 0.1) is 23.6 Å². The average molecular weight is 377 g/mol. The Kier molecular flexibility index (Phi) is 4.16. The summed E-state index contributed by atoms with van der Waals surface area (Å²) >= 11 is 0. The molecule has 1 aliphatic rings. The molecule has 0 bridgehead atoms. The molecule has 8 heteroatoms. The number of likely N-dealkylation sites (tertiary alicyclic amines) is 1. The number of hydrogen-bond acceptors (Lipinski definition) is 6. The number of piperidine rings is 1. The molecule has 0 saturated carbocycles. The number of aromatic nitrogens is 4. The molecule has 0 atom stereocenters. The topological polar surface area (TPSA) is 90.2 Å². The molecule has 28 heavy (non-hydrogen) atoms. The third-order valence-corrected chi connectivity index (χ3v) is 5.20. The highest BCUT2D eigenvalue weighted by Gasteiger charge is 2.28. The van der Waals surface area contributed by atoms with Crippen molar-refractivity contribution >= 4 is 16.9 Å². The van der Waals surface area contributed by atoms with Gasteiger partial charge in [0.1, 0.15) is 6.54 Å². The Hall–Kier alpha value is -3.42. The largest absolute Gasteiger partial charge is 0.459 e. The Balaban J connectivity index is 1.21. The van der Waals surface area contributed by atoms with Crippen LogP contribution in [0, 0.1) is 0 Å². The van der Waals surface area contributed by atoms with Crippen LogP contribution < -0.4 is 0 Å². The fourth-order valence-electron chi connectivity index (χ4n) is 3.66. The van der Waals surface area contributed by atoms with Crippen molar-refractivity contribution in [3.63, 3.8) is 0 Å². The summed E-state index contributed by atoms with van der Waals surface area (Å²) in [7, 11) is 0. The molecule has 5 rings (SSSR count). The minimum Gasteiger partial charge on any atom is -0.459 e. The number of nitrogens with zero attached hydrogens (tertiary/aromatic N) is 5. The predicted octanol–water partition coefficient (Wildman–Crippen LogP) is 3.09. The van der Waals surface area contributed by atoms with E-state index in [2.05, 4.69) is 15.2 Å². The number of furan rings is 1. The van der Waals surface area contributed by atoms with Gasteiger partial charge in [-0.05, 0) is 37.1 Å². The maximum absolute atomic E-state index is 12.7. The van der Waals surface area contributed by atoms with E-state index < -0.39 is 0 Å². The molecule has 1 aliphatic heterocycles. The smallest absolute Gasteiger partial charge is 0.283 e. The second-order valence-corrected chi connectivity index (χ2v) is 6.94. The zero-order valence-corrected chi connectivity index (χ0v) is 15.2. The predicted molar refractivity (Wildman–Crippen MR) is 100 cm³/mol. The Morgan fingerprint density at radius 2 is 1.96 bits per heavy atom. The molecule has 1 aromatic carbocycles. The summed E-state index contributed by atoms with van der Waals surface area (Å²) in [5.74, 6) is 1.83. The van der Waals surface area contributed by atoms with Crippen LogP contribution in [0.2, 0.25) is 0 Å². The number of para-hydroxylation sites is 2. The lowest BCUT2D eigenvalue weighted by Crippen LogP contribution is -2.39. The summed E-state index contributed by atoms with van der Waals surface area (Å²) in [6.07, 6.45) is 4.91. The number of amides is 1. The summed E-state index contributed by atoms with van der Waals surface area (Å²) in [6, 6.07) is 11.4. The molecule has 0 unspecified atom stereocenters. The van der Waals surface area contributed by atoms with Crippen LogP contribution >= 0.6 is 0 Å². The fourth-order valence-corrected chi connectivity index (χ4v) is 3.66. The van der Waals surface area contributed by atoms with Gasteiger partial charge in [-0.3, -0.25) is 4.79 Å². The van der Waals surface area contributed by atoms with Gasteiger partial charge < -0.3 is 18.3 Å². The molecule has 0 spiro atoms. The summed E-state index contributed by atoms with van der Waals surface area (Å²) < 4.78 is 13.0. The molecule has 1 saturated heterocycles. The van der Waals surface area contributed by atoms with E-state index in [0.29, 0.717) is 37.2 Å². The van der Waals surface area contributed by atoms with Gasteiger partial charge in [0.2, 0.25) is 11.8 Å². The third-order valence-electron chi connectivity index (χ3n) is 5.20. The minimum atomic E-state index is 0.100. The van der Waals surface area contributed by atoms with Crippen molar-refractivity contribution < 1.29 is 13.6 Å². The summed E-state index contributed by atoms with van der Waals surface area (Å²) in [6.45, 7) is 1.65. The molecule has 1 fully saturated rings. The van der Waals surface area contributed by atoms with Crippen LogP contribution in [0.25, 0.3) is 22.7 Å². The molecule has 0 radical (unpaired) electrons. The van der Waals surface area contributed by atoms with Crippen molar-refractivity contribution in [2.24, 2.45) is 0 Å². The van der Waals surface area contributed by atoms with Crippen molar-refractivity contribution in [1.29, 1.82) is 0 Å². The van der Waals surface area contributed by atoms with Crippen molar-refractivity contribution in [1.82, 2.24) is 24.6 Å². The van der Waals surface area contributed by atoms with Crippen molar-refractivity contribution in [2.75, 3.05) is 13.1 Å². The fraction of sp³-hybridized carbons (Fsp3) is 0.300. The van der Waals surface area contributed by atoms with E-state index in [1.54, 1.807) is 24.7 Å². The van der Waals surface area contributed by atoms with Crippen LogP contribution in [0.5, 0.6) is 0 Å². The van der Waals surface area contributed by atoms with Crippen molar-refractivity contribution in [3.05, 3.63) is 54.9 Å². The van der Waals surface area contributed by atoms with Crippen LogP contribution in [0.15, 0.2) is 57.8 Å². The van der Waals surface area contributed by atoms with Gasteiger partial charge in [-0.1, -0.05) is 12.1 Å². The number of hydrogen-bond donors (Lipinski definition) is 0. The molecule has 142 valence electrons. The Morgan fingerprint density at radius 3 is 2.79 bits per heavy atom. The standard InChI is InChI=1S/C20H19N5O3/c26-18(12-25-13-21-15-4-1-2-5-16(15)25)24-9-7-14(8-10-24)19-22-23-20(28-19)17-6-3-11-27-17/h1-6,11,13-14H,7-10,12H2. The van der Waals surface area contributed by atoms with E-state index in [1.807, 2.05) is 33.7 Å². The van der Waals surface area contributed by atoms with Gasteiger partial charge >= 0.3 is 0 Å². The molecule has 4 heterocycles. The van der Waals surface area contributed by atoms with Gasteiger partial charge in [0.15, 0.2) is 5.76 Å². The normalized spacial score (nSPS) is 15.4. The average Bonchev–Trinajstić information content (AvgIpc) is 3.49.